The van der Waals surface area contributed by atoms with Crippen molar-refractivity contribution in [1.29, 1.82) is 5.26 Å². The summed E-state index contributed by atoms with van der Waals surface area (Å²) in [5, 5.41) is 9.43. The molecular formula is C19H17N3. The van der Waals surface area contributed by atoms with E-state index in [0.29, 0.717) is 17.3 Å². The van der Waals surface area contributed by atoms with Crippen LogP contribution in [0.5, 0.6) is 0 Å². The number of allylic oxidation sites excluding steroid dienone is 1. The van der Waals surface area contributed by atoms with Crippen LogP contribution in [0.3, 0.4) is 0 Å². The molecule has 0 aliphatic carbocycles. The van der Waals surface area contributed by atoms with Crippen LogP contribution in [0.1, 0.15) is 36.7 Å². The van der Waals surface area contributed by atoms with Gasteiger partial charge in [-0.15, -0.1) is 0 Å². The van der Waals surface area contributed by atoms with Crippen molar-refractivity contribution < 1.29 is 0 Å². The Hall–Kier alpha value is -2.86. The van der Waals surface area contributed by atoms with Gasteiger partial charge in [-0.05, 0) is 35.3 Å². The standard InChI is InChI=1S/C19H17N3/c1-13(2)15-9-7-14(8-10-15)11-16(12-20)19-21-17-5-3-4-6-18(17)22-19/h3-11,13H,1-2H3,(H,21,22)/b16-11+. The summed E-state index contributed by atoms with van der Waals surface area (Å²) in [6.45, 7) is 4.33. The fraction of sp³-hybridized carbons (Fsp3) is 0.158. The van der Waals surface area contributed by atoms with E-state index < -0.39 is 0 Å². The highest BCUT2D eigenvalue weighted by Crippen LogP contribution is 2.20. The summed E-state index contributed by atoms with van der Waals surface area (Å²) in [4.78, 5) is 7.67. The number of imidazole rings is 1. The summed E-state index contributed by atoms with van der Waals surface area (Å²) in [5.74, 6) is 1.11. The fourth-order valence-corrected chi connectivity index (χ4v) is 2.38. The van der Waals surface area contributed by atoms with E-state index in [1.165, 1.54) is 5.56 Å². The molecule has 2 aromatic carbocycles. The molecule has 22 heavy (non-hydrogen) atoms. The second-order valence-corrected chi connectivity index (χ2v) is 5.59. The summed E-state index contributed by atoms with van der Waals surface area (Å²) >= 11 is 0. The molecule has 1 heterocycles. The first-order valence-corrected chi connectivity index (χ1v) is 7.34. The Morgan fingerprint density at radius 1 is 1.14 bits per heavy atom. The van der Waals surface area contributed by atoms with Gasteiger partial charge in [0.15, 0.2) is 0 Å². The van der Waals surface area contributed by atoms with Crippen LogP contribution >= 0.6 is 0 Å². The van der Waals surface area contributed by atoms with Gasteiger partial charge in [-0.1, -0.05) is 50.2 Å². The minimum Gasteiger partial charge on any atom is -0.337 e. The van der Waals surface area contributed by atoms with Crippen LogP contribution in [0, 0.1) is 11.3 Å². The quantitative estimate of drug-likeness (QED) is 0.707. The van der Waals surface area contributed by atoms with Gasteiger partial charge in [0.05, 0.1) is 16.6 Å². The second-order valence-electron chi connectivity index (χ2n) is 5.59. The summed E-state index contributed by atoms with van der Waals surface area (Å²) < 4.78 is 0. The Morgan fingerprint density at radius 3 is 2.50 bits per heavy atom. The Morgan fingerprint density at radius 2 is 1.86 bits per heavy atom. The molecule has 1 aromatic heterocycles. The van der Waals surface area contributed by atoms with Crippen molar-refractivity contribution in [3.63, 3.8) is 0 Å². The Balaban J connectivity index is 1.97. The molecule has 0 radical (unpaired) electrons. The third kappa shape index (κ3) is 2.77. The molecule has 0 atom stereocenters. The van der Waals surface area contributed by atoms with Gasteiger partial charge in [-0.2, -0.15) is 5.26 Å². The number of benzene rings is 2. The van der Waals surface area contributed by atoms with Gasteiger partial charge < -0.3 is 4.98 Å². The highest BCUT2D eigenvalue weighted by molar-refractivity contribution is 5.90. The zero-order chi connectivity index (χ0) is 15.5. The minimum absolute atomic E-state index is 0.504. The van der Waals surface area contributed by atoms with Gasteiger partial charge in [0.1, 0.15) is 11.9 Å². The number of hydrogen-bond acceptors (Lipinski definition) is 2. The Labute approximate surface area is 129 Å². The molecule has 0 aliphatic rings. The van der Waals surface area contributed by atoms with Crippen molar-refractivity contribution in [2.75, 3.05) is 0 Å². The number of hydrogen-bond donors (Lipinski definition) is 1. The molecule has 0 spiro atoms. The lowest BCUT2D eigenvalue weighted by molar-refractivity contribution is 0.866. The molecule has 0 fully saturated rings. The topological polar surface area (TPSA) is 52.5 Å². The van der Waals surface area contributed by atoms with Gasteiger partial charge in [0.25, 0.3) is 0 Å². The van der Waals surface area contributed by atoms with E-state index in [0.717, 1.165) is 16.6 Å². The lowest BCUT2D eigenvalue weighted by Crippen LogP contribution is -1.88. The lowest BCUT2D eigenvalue weighted by Gasteiger charge is -2.04. The number of nitrogens with one attached hydrogen (secondary N) is 1. The molecule has 0 unspecified atom stereocenters. The number of fused-ring (bicyclic) bond motifs is 1. The third-order valence-electron chi connectivity index (χ3n) is 3.68. The predicted molar refractivity (Wildman–Crippen MR) is 90.1 cm³/mol. The molecule has 0 aliphatic heterocycles. The highest BCUT2D eigenvalue weighted by atomic mass is 14.9. The van der Waals surface area contributed by atoms with Gasteiger partial charge in [0, 0.05) is 0 Å². The van der Waals surface area contributed by atoms with Gasteiger partial charge in [0.2, 0.25) is 0 Å². The zero-order valence-electron chi connectivity index (χ0n) is 12.7. The van der Waals surface area contributed by atoms with E-state index in [2.05, 4.69) is 42.0 Å². The average molecular weight is 287 g/mol. The molecule has 0 saturated carbocycles. The smallest absolute Gasteiger partial charge is 0.149 e. The van der Waals surface area contributed by atoms with Crippen LogP contribution in [0.15, 0.2) is 48.5 Å². The van der Waals surface area contributed by atoms with E-state index >= 15 is 0 Å². The van der Waals surface area contributed by atoms with Gasteiger partial charge in [-0.3, -0.25) is 0 Å². The molecule has 3 aromatic rings. The maximum atomic E-state index is 9.43. The van der Waals surface area contributed by atoms with E-state index in [1.807, 2.05) is 42.5 Å². The lowest BCUT2D eigenvalue weighted by atomic mass is 10.0. The van der Waals surface area contributed by atoms with Crippen molar-refractivity contribution in [3.8, 4) is 6.07 Å². The predicted octanol–water partition coefficient (Wildman–Crippen LogP) is 4.75. The van der Waals surface area contributed by atoms with Crippen molar-refractivity contribution in [1.82, 2.24) is 9.97 Å². The summed E-state index contributed by atoms with van der Waals surface area (Å²) in [6.07, 6.45) is 1.86. The van der Waals surface area contributed by atoms with E-state index in [4.69, 9.17) is 0 Å². The van der Waals surface area contributed by atoms with E-state index in [9.17, 15) is 5.26 Å². The maximum Gasteiger partial charge on any atom is 0.149 e. The van der Waals surface area contributed by atoms with Crippen molar-refractivity contribution in [2.45, 2.75) is 19.8 Å². The number of rotatable bonds is 3. The van der Waals surface area contributed by atoms with Crippen LogP contribution in [0.4, 0.5) is 0 Å². The van der Waals surface area contributed by atoms with Crippen LogP contribution < -0.4 is 0 Å². The maximum absolute atomic E-state index is 9.43. The zero-order valence-corrected chi connectivity index (χ0v) is 12.7. The van der Waals surface area contributed by atoms with Crippen molar-refractivity contribution in [2.24, 2.45) is 0 Å². The molecule has 0 saturated heterocycles. The highest BCUT2D eigenvalue weighted by Gasteiger charge is 2.07. The first kappa shape index (κ1) is 14.1. The Bertz CT molecular complexity index is 829. The molecule has 3 heteroatoms. The molecule has 0 amide bonds. The number of aromatic amines is 1. The molecular weight excluding hydrogens is 270 g/mol. The van der Waals surface area contributed by atoms with E-state index in [-0.39, 0.29) is 0 Å². The van der Waals surface area contributed by atoms with Crippen molar-refractivity contribution >= 4 is 22.7 Å². The second kappa shape index (κ2) is 5.87. The summed E-state index contributed by atoms with van der Waals surface area (Å²) in [7, 11) is 0. The first-order valence-electron chi connectivity index (χ1n) is 7.34. The molecule has 108 valence electrons. The summed E-state index contributed by atoms with van der Waals surface area (Å²) in [6, 6.07) is 18.3. The normalized spacial score (nSPS) is 11.8. The van der Waals surface area contributed by atoms with Crippen LogP contribution in [0.25, 0.3) is 22.7 Å². The molecule has 3 nitrogen and oxygen atoms in total. The largest absolute Gasteiger partial charge is 0.337 e. The van der Waals surface area contributed by atoms with Crippen LogP contribution in [0.2, 0.25) is 0 Å². The first-order chi connectivity index (χ1) is 10.7. The molecule has 1 N–H and O–H groups in total. The third-order valence-corrected chi connectivity index (χ3v) is 3.68. The SMILES string of the molecule is CC(C)c1ccc(/C=C(\C#N)c2nc3ccccc3[nH]2)cc1. The molecule has 3 rings (SSSR count). The van der Waals surface area contributed by atoms with Crippen LogP contribution in [-0.2, 0) is 0 Å². The van der Waals surface area contributed by atoms with Crippen LogP contribution in [-0.4, -0.2) is 9.97 Å². The van der Waals surface area contributed by atoms with Crippen molar-refractivity contribution in [3.05, 3.63) is 65.5 Å². The number of para-hydroxylation sites is 2. The number of nitrogens with zero attached hydrogens (tertiary/aromatic N) is 2. The van der Waals surface area contributed by atoms with Gasteiger partial charge >= 0.3 is 0 Å². The average Bonchev–Trinajstić information content (AvgIpc) is 2.96. The fourth-order valence-electron chi connectivity index (χ4n) is 2.38. The van der Waals surface area contributed by atoms with E-state index in [1.54, 1.807) is 0 Å². The minimum atomic E-state index is 0.504. The van der Waals surface area contributed by atoms with Gasteiger partial charge in [-0.25, -0.2) is 4.98 Å². The summed E-state index contributed by atoms with van der Waals surface area (Å²) in [5.41, 5.74) is 4.64. The number of aromatic nitrogens is 2. The number of nitriles is 1. The monoisotopic (exact) mass is 287 g/mol. The molecule has 0 bridgehead atoms. The Kier molecular flexibility index (Phi) is 3.76. The number of H-pyrrole nitrogens is 1.